The first-order valence-corrected chi connectivity index (χ1v) is 10.3. The molecule has 0 bridgehead atoms. The van der Waals surface area contributed by atoms with E-state index in [9.17, 15) is 4.79 Å². The Morgan fingerprint density at radius 3 is 3.10 bits per heavy atom. The summed E-state index contributed by atoms with van der Waals surface area (Å²) in [6, 6.07) is 11.7. The topological polar surface area (TPSA) is 84.8 Å². The molecule has 2 heterocycles. The number of amides is 1. The highest BCUT2D eigenvalue weighted by Gasteiger charge is 2.21. The summed E-state index contributed by atoms with van der Waals surface area (Å²) >= 11 is 1.51. The number of thiazole rings is 1. The minimum Gasteiger partial charge on any atom is -0.493 e. The van der Waals surface area contributed by atoms with Gasteiger partial charge in [-0.2, -0.15) is 5.10 Å². The van der Waals surface area contributed by atoms with E-state index in [2.05, 4.69) is 20.8 Å². The molecule has 8 heteroatoms. The molecule has 0 saturated heterocycles. The number of hydrogen-bond acceptors (Lipinski definition) is 7. The van der Waals surface area contributed by atoms with E-state index in [0.717, 1.165) is 39.3 Å². The molecule has 1 atom stereocenters. The van der Waals surface area contributed by atoms with Gasteiger partial charge >= 0.3 is 0 Å². The van der Waals surface area contributed by atoms with Gasteiger partial charge in [-0.15, -0.1) is 0 Å². The van der Waals surface area contributed by atoms with E-state index in [1.807, 2.05) is 50.2 Å². The van der Waals surface area contributed by atoms with Crippen LogP contribution in [0.2, 0.25) is 0 Å². The number of anilines is 1. The summed E-state index contributed by atoms with van der Waals surface area (Å²) in [6.07, 6.45) is 2.59. The molecule has 1 aliphatic rings. The van der Waals surface area contributed by atoms with Gasteiger partial charge in [0.05, 0.1) is 29.6 Å². The maximum atomic E-state index is 12.1. The number of ether oxygens (including phenoxy) is 2. The molecule has 1 aliphatic heterocycles. The van der Waals surface area contributed by atoms with Crippen LogP contribution in [0, 0.1) is 0 Å². The van der Waals surface area contributed by atoms with Gasteiger partial charge in [0.1, 0.15) is 17.6 Å². The third-order valence-corrected chi connectivity index (χ3v) is 5.41. The van der Waals surface area contributed by atoms with E-state index >= 15 is 0 Å². The Bertz CT molecular complexity index is 1030. The van der Waals surface area contributed by atoms with Gasteiger partial charge in [0.25, 0.3) is 5.91 Å². The van der Waals surface area contributed by atoms with Crippen molar-refractivity contribution in [3.63, 3.8) is 0 Å². The highest BCUT2D eigenvalue weighted by molar-refractivity contribution is 7.22. The van der Waals surface area contributed by atoms with Gasteiger partial charge in [0.2, 0.25) is 0 Å². The Morgan fingerprint density at radius 2 is 2.28 bits per heavy atom. The molecule has 0 spiro atoms. The van der Waals surface area contributed by atoms with Crippen molar-refractivity contribution in [1.29, 1.82) is 0 Å². The van der Waals surface area contributed by atoms with Gasteiger partial charge in [0.15, 0.2) is 5.13 Å². The minimum absolute atomic E-state index is 0.0836. The van der Waals surface area contributed by atoms with Crippen LogP contribution < -0.4 is 20.2 Å². The first kappa shape index (κ1) is 19.2. The average molecular weight is 410 g/mol. The number of carbonyl (C=O) groups is 1. The molecular weight excluding hydrogens is 388 g/mol. The second-order valence-electron chi connectivity index (χ2n) is 6.70. The van der Waals surface area contributed by atoms with E-state index in [4.69, 9.17) is 9.47 Å². The van der Waals surface area contributed by atoms with Gasteiger partial charge in [0, 0.05) is 17.5 Å². The van der Waals surface area contributed by atoms with Crippen molar-refractivity contribution >= 4 is 38.8 Å². The van der Waals surface area contributed by atoms with Crippen molar-refractivity contribution in [1.82, 2.24) is 10.4 Å². The monoisotopic (exact) mass is 410 g/mol. The van der Waals surface area contributed by atoms with Crippen LogP contribution in [0.1, 0.15) is 25.0 Å². The molecule has 0 unspecified atom stereocenters. The van der Waals surface area contributed by atoms with Crippen LogP contribution in [0.3, 0.4) is 0 Å². The third-order valence-electron chi connectivity index (χ3n) is 4.42. The fourth-order valence-electron chi connectivity index (χ4n) is 3.15. The number of hydrogen-bond donors (Lipinski definition) is 2. The Balaban J connectivity index is 1.36. The van der Waals surface area contributed by atoms with Crippen LogP contribution in [-0.4, -0.2) is 36.4 Å². The lowest BCUT2D eigenvalue weighted by Crippen LogP contribution is -2.25. The number of fused-ring (bicyclic) bond motifs is 2. The second kappa shape index (κ2) is 8.48. The standard InChI is InChI=1S/C21H22N4O3S/c1-3-27-17-9-14-8-13(2)28-18(14)10-15(17)11-23-25-20(26)12-22-21-24-16-6-4-5-7-19(16)29-21/h4-7,9-11,13H,3,8,12H2,1-2H3,(H,22,24)(H,25,26)/b23-11-/t13-/m1/s1. The highest BCUT2D eigenvalue weighted by atomic mass is 32.1. The lowest BCUT2D eigenvalue weighted by Gasteiger charge is -2.09. The van der Waals surface area contributed by atoms with Crippen molar-refractivity contribution < 1.29 is 14.3 Å². The lowest BCUT2D eigenvalue weighted by molar-refractivity contribution is -0.119. The maximum Gasteiger partial charge on any atom is 0.259 e. The van der Waals surface area contributed by atoms with Gasteiger partial charge in [-0.25, -0.2) is 10.4 Å². The molecule has 29 heavy (non-hydrogen) atoms. The molecule has 0 aliphatic carbocycles. The van der Waals surface area contributed by atoms with E-state index in [1.165, 1.54) is 11.3 Å². The number of hydrazone groups is 1. The summed E-state index contributed by atoms with van der Waals surface area (Å²) in [4.78, 5) is 16.5. The zero-order chi connectivity index (χ0) is 20.2. The highest BCUT2D eigenvalue weighted by Crippen LogP contribution is 2.34. The van der Waals surface area contributed by atoms with Crippen molar-refractivity contribution in [2.45, 2.75) is 26.4 Å². The molecule has 3 aromatic rings. The molecule has 0 saturated carbocycles. The molecule has 1 aromatic heterocycles. The summed E-state index contributed by atoms with van der Waals surface area (Å²) in [5.74, 6) is 1.31. The average Bonchev–Trinajstić information content (AvgIpc) is 3.28. The zero-order valence-electron chi connectivity index (χ0n) is 16.3. The molecule has 2 N–H and O–H groups in total. The normalized spacial score (nSPS) is 15.3. The molecule has 1 amide bonds. The number of carbonyl (C=O) groups excluding carboxylic acids is 1. The zero-order valence-corrected chi connectivity index (χ0v) is 17.1. The number of rotatable bonds is 7. The van der Waals surface area contributed by atoms with Gasteiger partial charge in [-0.3, -0.25) is 4.79 Å². The van der Waals surface area contributed by atoms with Gasteiger partial charge < -0.3 is 14.8 Å². The third kappa shape index (κ3) is 4.48. The van der Waals surface area contributed by atoms with Crippen LogP contribution in [0.4, 0.5) is 5.13 Å². The van der Waals surface area contributed by atoms with Crippen molar-refractivity contribution in [3.8, 4) is 11.5 Å². The van der Waals surface area contributed by atoms with E-state index < -0.39 is 0 Å². The largest absolute Gasteiger partial charge is 0.493 e. The number of aromatic nitrogens is 1. The molecule has 2 aromatic carbocycles. The van der Waals surface area contributed by atoms with Crippen LogP contribution in [0.25, 0.3) is 10.2 Å². The molecule has 4 rings (SSSR count). The van der Waals surface area contributed by atoms with Gasteiger partial charge in [-0.05, 0) is 38.1 Å². The number of nitrogens with one attached hydrogen (secondary N) is 2. The molecule has 150 valence electrons. The summed E-state index contributed by atoms with van der Waals surface area (Å²) in [5.41, 5.74) is 5.33. The van der Waals surface area contributed by atoms with Crippen LogP contribution in [-0.2, 0) is 11.2 Å². The lowest BCUT2D eigenvalue weighted by atomic mass is 10.1. The van der Waals surface area contributed by atoms with Crippen molar-refractivity contribution in [2.24, 2.45) is 5.10 Å². The first-order valence-electron chi connectivity index (χ1n) is 9.50. The Morgan fingerprint density at radius 1 is 1.41 bits per heavy atom. The molecular formula is C21H22N4O3S. The van der Waals surface area contributed by atoms with Gasteiger partial charge in [-0.1, -0.05) is 23.5 Å². The van der Waals surface area contributed by atoms with Crippen LogP contribution in [0.15, 0.2) is 41.5 Å². The van der Waals surface area contributed by atoms with Crippen LogP contribution in [0.5, 0.6) is 11.5 Å². The predicted molar refractivity (Wildman–Crippen MR) is 115 cm³/mol. The molecule has 7 nitrogen and oxygen atoms in total. The summed E-state index contributed by atoms with van der Waals surface area (Å²) in [5, 5.41) is 7.80. The predicted octanol–water partition coefficient (Wildman–Crippen LogP) is 3.58. The smallest absolute Gasteiger partial charge is 0.259 e. The Hall–Kier alpha value is -3.13. The van der Waals surface area contributed by atoms with Crippen LogP contribution >= 0.6 is 11.3 Å². The summed E-state index contributed by atoms with van der Waals surface area (Å²) < 4.78 is 12.6. The number of benzene rings is 2. The summed E-state index contributed by atoms with van der Waals surface area (Å²) in [6.45, 7) is 4.60. The molecule has 0 radical (unpaired) electrons. The second-order valence-corrected chi connectivity index (χ2v) is 7.73. The minimum atomic E-state index is -0.260. The SMILES string of the molecule is CCOc1cc2c(cc1/C=N\NC(=O)CNc1nc3ccccc3s1)O[C@H](C)C2. The number of nitrogens with zero attached hydrogens (tertiary/aromatic N) is 2. The van der Waals surface area contributed by atoms with Crippen molar-refractivity contribution in [3.05, 3.63) is 47.5 Å². The fourth-order valence-corrected chi connectivity index (χ4v) is 4.02. The summed E-state index contributed by atoms with van der Waals surface area (Å²) in [7, 11) is 0. The Labute approximate surface area is 172 Å². The van der Waals surface area contributed by atoms with E-state index in [-0.39, 0.29) is 18.6 Å². The Kier molecular flexibility index (Phi) is 5.62. The fraction of sp³-hybridized carbons (Fsp3) is 0.286. The first-order chi connectivity index (χ1) is 14.1. The van der Waals surface area contributed by atoms with Crippen molar-refractivity contribution in [2.75, 3.05) is 18.5 Å². The quantitative estimate of drug-likeness (QED) is 0.459. The number of para-hydroxylation sites is 1. The van der Waals surface area contributed by atoms with E-state index in [1.54, 1.807) is 6.21 Å². The van der Waals surface area contributed by atoms with E-state index in [0.29, 0.717) is 11.7 Å². The molecule has 0 fully saturated rings. The maximum absolute atomic E-state index is 12.1.